The number of aliphatic hydroxyl groups excluding tert-OH is 2. The number of hydrogen-bond acceptors (Lipinski definition) is 10. The number of benzene rings is 1. The maximum absolute atomic E-state index is 12.1. The van der Waals surface area contributed by atoms with Gasteiger partial charge in [-0.05, 0) is 42.5 Å². The molecule has 2 aliphatic heterocycles. The normalized spacial score (nSPS) is 27.4. The van der Waals surface area contributed by atoms with E-state index >= 15 is 0 Å². The smallest absolute Gasteiger partial charge is 0.340 e. The second-order valence-corrected chi connectivity index (χ2v) is 15.2. The summed E-state index contributed by atoms with van der Waals surface area (Å²) >= 11 is 6.45. The van der Waals surface area contributed by atoms with E-state index < -0.39 is 52.2 Å². The van der Waals surface area contributed by atoms with Gasteiger partial charge in [-0.1, -0.05) is 37.5 Å². The number of hydrogen-bond donors (Lipinski definition) is 5. The molecular formula is C24H30ClN5O9P2. The van der Waals surface area contributed by atoms with Crippen molar-refractivity contribution in [1.29, 1.82) is 0 Å². The molecule has 0 bridgehead atoms. The van der Waals surface area contributed by atoms with Crippen molar-refractivity contribution in [3.63, 3.8) is 0 Å². The first-order chi connectivity index (χ1) is 19.4. The van der Waals surface area contributed by atoms with Gasteiger partial charge in [-0.2, -0.15) is 9.97 Å². The van der Waals surface area contributed by atoms with Gasteiger partial charge < -0.3 is 39.1 Å². The summed E-state index contributed by atoms with van der Waals surface area (Å²) in [6.45, 7) is -0.705. The summed E-state index contributed by atoms with van der Waals surface area (Å²) in [5.74, 6) is -0.863. The molecule has 5 atom stereocenters. The van der Waals surface area contributed by atoms with Gasteiger partial charge in [-0.15, -0.1) is 0 Å². The molecule has 6 rings (SSSR count). The van der Waals surface area contributed by atoms with Crippen LogP contribution in [0.2, 0.25) is 5.28 Å². The van der Waals surface area contributed by atoms with E-state index in [1.165, 1.54) is 16.5 Å². The van der Waals surface area contributed by atoms with Crippen LogP contribution in [0.1, 0.15) is 43.9 Å². The number of rotatable bonds is 7. The standard InChI is InChI=1S/C24H30ClN5O9P2/c25-23-27-20-17(21(28-23)30-15-7-3-2-6-14(15)10-24(30)8-4-1-5-9-24)26-12-29(20)22-19(32)18(31)16(39-22)11-38-41(36,37)13-40(33,34)35/h2-3,6-7,12,16,18-19,22,31-32H,1,4-5,8-11,13H2,(H,36,37)(H2,33,34,35)/t16-,18?,19?,22-/m1/s1. The molecule has 14 nitrogen and oxygen atoms in total. The monoisotopic (exact) mass is 629 g/mol. The lowest BCUT2D eigenvalue weighted by Crippen LogP contribution is -2.46. The minimum Gasteiger partial charge on any atom is -0.387 e. The van der Waals surface area contributed by atoms with Gasteiger partial charge in [0.1, 0.15) is 18.3 Å². The van der Waals surface area contributed by atoms with Crippen LogP contribution >= 0.6 is 26.8 Å². The molecule has 1 aliphatic carbocycles. The highest BCUT2D eigenvalue weighted by Crippen LogP contribution is 2.56. The van der Waals surface area contributed by atoms with E-state index in [2.05, 4.69) is 32.0 Å². The molecule has 4 heterocycles. The highest BCUT2D eigenvalue weighted by Gasteiger charge is 2.48. The number of imidazole rings is 1. The van der Waals surface area contributed by atoms with Crippen LogP contribution in [0.25, 0.3) is 11.2 Å². The molecule has 0 radical (unpaired) electrons. The van der Waals surface area contributed by atoms with Crippen LogP contribution in [0.3, 0.4) is 0 Å². The maximum Gasteiger partial charge on any atom is 0.340 e. The Morgan fingerprint density at radius 3 is 2.54 bits per heavy atom. The molecule has 0 amide bonds. The van der Waals surface area contributed by atoms with E-state index in [0.29, 0.717) is 11.3 Å². The van der Waals surface area contributed by atoms with Crippen LogP contribution in [0, 0.1) is 0 Å². The number of aliphatic hydroxyl groups is 2. The highest BCUT2D eigenvalue weighted by molar-refractivity contribution is 7.70. The topological polar surface area (TPSA) is 201 Å². The summed E-state index contributed by atoms with van der Waals surface area (Å²) < 4.78 is 35.2. The zero-order valence-electron chi connectivity index (χ0n) is 21.7. The maximum atomic E-state index is 12.1. The third-order valence-electron chi connectivity index (χ3n) is 8.01. The average Bonchev–Trinajstić information content (AvgIpc) is 3.53. The summed E-state index contributed by atoms with van der Waals surface area (Å²) in [5, 5.41) is 21.4. The molecule has 222 valence electrons. The van der Waals surface area contributed by atoms with Crippen molar-refractivity contribution in [1.82, 2.24) is 19.5 Å². The van der Waals surface area contributed by atoms with Gasteiger partial charge in [0, 0.05) is 5.69 Å². The Hall–Kier alpha value is -1.96. The van der Waals surface area contributed by atoms with Crippen molar-refractivity contribution in [2.45, 2.75) is 68.6 Å². The van der Waals surface area contributed by atoms with Crippen molar-refractivity contribution in [2.75, 3.05) is 17.4 Å². The van der Waals surface area contributed by atoms with E-state index in [1.807, 2.05) is 12.1 Å². The number of ether oxygens (including phenoxy) is 1. The van der Waals surface area contributed by atoms with Crippen LogP contribution in [-0.4, -0.2) is 80.8 Å². The van der Waals surface area contributed by atoms with Gasteiger partial charge in [0.15, 0.2) is 29.1 Å². The first kappa shape index (κ1) is 29.1. The van der Waals surface area contributed by atoms with Gasteiger partial charge in [-0.3, -0.25) is 13.7 Å². The fraction of sp³-hybridized carbons (Fsp3) is 0.542. The minimum atomic E-state index is -4.84. The Morgan fingerprint density at radius 2 is 1.80 bits per heavy atom. The van der Waals surface area contributed by atoms with Crippen LogP contribution in [0.5, 0.6) is 0 Å². The summed E-state index contributed by atoms with van der Waals surface area (Å²) in [6, 6.07) is 8.16. The molecule has 3 unspecified atom stereocenters. The SMILES string of the molecule is O=P(O)(O)CP(=O)(O)OC[C@H]1O[C@@H](n2cnc3c(N4c5ccccc5CC45CCCCC5)nc(Cl)nc32)C(O)C1O. The van der Waals surface area contributed by atoms with E-state index in [-0.39, 0.29) is 16.5 Å². The predicted octanol–water partition coefficient (Wildman–Crippen LogP) is 2.83. The average molecular weight is 630 g/mol. The number of anilines is 2. The zero-order valence-corrected chi connectivity index (χ0v) is 24.3. The van der Waals surface area contributed by atoms with Crippen molar-refractivity contribution >= 4 is 49.5 Å². The third-order valence-corrected chi connectivity index (χ3v) is 11.6. The summed E-state index contributed by atoms with van der Waals surface area (Å²) in [7, 11) is -9.54. The predicted molar refractivity (Wildman–Crippen MR) is 147 cm³/mol. The largest absolute Gasteiger partial charge is 0.387 e. The Kier molecular flexibility index (Phi) is 7.56. The van der Waals surface area contributed by atoms with E-state index in [9.17, 15) is 24.2 Å². The lowest BCUT2D eigenvalue weighted by molar-refractivity contribution is -0.0483. The van der Waals surface area contributed by atoms with Gasteiger partial charge in [0.2, 0.25) is 5.28 Å². The van der Waals surface area contributed by atoms with Crippen LogP contribution < -0.4 is 4.90 Å². The van der Waals surface area contributed by atoms with Crippen LogP contribution in [-0.2, 0) is 24.8 Å². The lowest BCUT2D eigenvalue weighted by Gasteiger charge is -2.42. The minimum absolute atomic E-state index is 0.0452. The van der Waals surface area contributed by atoms with Gasteiger partial charge in [0.25, 0.3) is 0 Å². The molecule has 1 aromatic carbocycles. The molecule has 5 N–H and O–H groups in total. The molecule has 2 fully saturated rings. The quantitative estimate of drug-likeness (QED) is 0.189. The Labute approximate surface area is 239 Å². The Balaban J connectivity index is 1.33. The molecule has 1 saturated heterocycles. The first-order valence-electron chi connectivity index (χ1n) is 13.2. The summed E-state index contributed by atoms with van der Waals surface area (Å²) in [4.78, 5) is 43.6. The number of fused-ring (bicyclic) bond motifs is 2. The molecule has 3 aromatic rings. The van der Waals surface area contributed by atoms with Crippen LogP contribution in [0.4, 0.5) is 11.5 Å². The fourth-order valence-corrected chi connectivity index (χ4v) is 9.02. The van der Waals surface area contributed by atoms with Crippen molar-refractivity contribution in [2.24, 2.45) is 0 Å². The number of para-hydroxylation sites is 1. The number of halogens is 1. The second kappa shape index (κ2) is 10.6. The molecule has 1 spiro atoms. The number of nitrogens with zero attached hydrogens (tertiary/aromatic N) is 5. The Morgan fingerprint density at radius 1 is 1.07 bits per heavy atom. The van der Waals surface area contributed by atoms with Gasteiger partial charge >= 0.3 is 15.2 Å². The molecular weight excluding hydrogens is 600 g/mol. The third kappa shape index (κ3) is 5.47. The number of aromatic nitrogens is 4. The molecule has 1 saturated carbocycles. The van der Waals surface area contributed by atoms with E-state index in [1.54, 1.807) is 0 Å². The second-order valence-electron chi connectivity index (χ2n) is 10.9. The highest BCUT2D eigenvalue weighted by atomic mass is 35.5. The van der Waals surface area contributed by atoms with Crippen molar-refractivity contribution in [3.8, 4) is 0 Å². The van der Waals surface area contributed by atoms with Crippen molar-refractivity contribution in [3.05, 3.63) is 41.4 Å². The van der Waals surface area contributed by atoms with E-state index in [4.69, 9.17) is 30.6 Å². The first-order valence-corrected chi connectivity index (χ1v) is 17.1. The molecule has 17 heteroatoms. The molecule has 41 heavy (non-hydrogen) atoms. The lowest BCUT2D eigenvalue weighted by atomic mass is 9.79. The Bertz CT molecular complexity index is 1560. The zero-order chi connectivity index (χ0) is 29.2. The van der Waals surface area contributed by atoms with Gasteiger partial charge in [0.05, 0.1) is 18.5 Å². The molecule has 3 aliphatic rings. The van der Waals surface area contributed by atoms with E-state index in [0.717, 1.165) is 44.2 Å². The fourth-order valence-electron chi connectivity index (χ4n) is 6.29. The summed E-state index contributed by atoms with van der Waals surface area (Å²) in [5.41, 5.74) is 2.71. The molecule has 2 aromatic heterocycles. The van der Waals surface area contributed by atoms with Gasteiger partial charge in [-0.25, -0.2) is 4.98 Å². The van der Waals surface area contributed by atoms with Crippen molar-refractivity contribution < 1.29 is 43.3 Å². The summed E-state index contributed by atoms with van der Waals surface area (Å²) in [6.07, 6.45) is 1.94. The van der Waals surface area contributed by atoms with Crippen LogP contribution in [0.15, 0.2) is 30.6 Å².